The number of ether oxygens (including phenoxy) is 1. The van der Waals surface area contributed by atoms with E-state index in [1.54, 1.807) is 19.1 Å². The molecule has 0 aliphatic rings. The summed E-state index contributed by atoms with van der Waals surface area (Å²) in [7, 11) is 1.49. The molecule has 0 fully saturated rings. The summed E-state index contributed by atoms with van der Waals surface area (Å²) >= 11 is 5.63. The summed E-state index contributed by atoms with van der Waals surface area (Å²) in [5.41, 5.74) is 0.641. The molecule has 0 aromatic carbocycles. The standard InChI is InChI=1S/C8H10ClNO2/c1-5(11)6-3-4-7(9)10-8(6)12-2/h3-5,11H,1-2H3/t5-/m0/s1. The van der Waals surface area contributed by atoms with Gasteiger partial charge in [-0.15, -0.1) is 0 Å². The molecule has 1 rings (SSSR count). The summed E-state index contributed by atoms with van der Waals surface area (Å²) in [6, 6.07) is 3.31. The Bertz CT molecular complexity index is 276. The number of hydrogen-bond donors (Lipinski definition) is 1. The number of aliphatic hydroxyl groups excluding tert-OH is 1. The highest BCUT2D eigenvalue weighted by atomic mass is 35.5. The number of aliphatic hydroxyl groups is 1. The number of hydrogen-bond acceptors (Lipinski definition) is 3. The summed E-state index contributed by atoms with van der Waals surface area (Å²) in [6.07, 6.45) is -0.593. The molecule has 12 heavy (non-hydrogen) atoms. The fourth-order valence-electron chi connectivity index (χ4n) is 0.910. The van der Waals surface area contributed by atoms with Gasteiger partial charge in [0.1, 0.15) is 5.15 Å². The fraction of sp³-hybridized carbons (Fsp3) is 0.375. The lowest BCUT2D eigenvalue weighted by Crippen LogP contribution is -1.98. The van der Waals surface area contributed by atoms with Gasteiger partial charge in [0, 0.05) is 5.56 Å². The topological polar surface area (TPSA) is 42.4 Å². The molecule has 66 valence electrons. The van der Waals surface area contributed by atoms with Crippen molar-refractivity contribution in [3.8, 4) is 5.88 Å². The Balaban J connectivity index is 3.11. The number of rotatable bonds is 2. The maximum absolute atomic E-state index is 9.26. The van der Waals surface area contributed by atoms with Gasteiger partial charge in [0.05, 0.1) is 13.2 Å². The normalized spacial score (nSPS) is 12.7. The Kier molecular flexibility index (Phi) is 2.89. The summed E-state index contributed by atoms with van der Waals surface area (Å²) < 4.78 is 4.93. The van der Waals surface area contributed by atoms with Gasteiger partial charge in [-0.1, -0.05) is 11.6 Å². The van der Waals surface area contributed by atoms with Crippen LogP contribution in [-0.4, -0.2) is 17.2 Å². The molecule has 1 aromatic rings. The summed E-state index contributed by atoms with van der Waals surface area (Å²) in [4.78, 5) is 3.90. The van der Waals surface area contributed by atoms with Crippen LogP contribution in [0.1, 0.15) is 18.6 Å². The highest BCUT2D eigenvalue weighted by Gasteiger charge is 2.09. The molecule has 0 aliphatic carbocycles. The molecular weight excluding hydrogens is 178 g/mol. The van der Waals surface area contributed by atoms with Crippen LogP contribution < -0.4 is 4.74 Å². The molecule has 4 heteroatoms. The van der Waals surface area contributed by atoms with Crippen LogP contribution in [0.3, 0.4) is 0 Å². The van der Waals surface area contributed by atoms with Gasteiger partial charge in [-0.3, -0.25) is 0 Å². The Morgan fingerprint density at radius 3 is 2.75 bits per heavy atom. The first kappa shape index (κ1) is 9.29. The van der Waals surface area contributed by atoms with Crippen LogP contribution in [0.5, 0.6) is 5.88 Å². The van der Waals surface area contributed by atoms with Crippen LogP contribution in [-0.2, 0) is 0 Å². The fourth-order valence-corrected chi connectivity index (χ4v) is 1.05. The van der Waals surface area contributed by atoms with Crippen molar-refractivity contribution in [2.24, 2.45) is 0 Å². The molecular formula is C8H10ClNO2. The van der Waals surface area contributed by atoms with Crippen molar-refractivity contribution in [1.29, 1.82) is 0 Å². The molecule has 0 saturated carbocycles. The van der Waals surface area contributed by atoms with Gasteiger partial charge in [-0.05, 0) is 19.1 Å². The monoisotopic (exact) mass is 187 g/mol. The van der Waals surface area contributed by atoms with E-state index < -0.39 is 6.10 Å². The van der Waals surface area contributed by atoms with Crippen LogP contribution >= 0.6 is 11.6 Å². The van der Waals surface area contributed by atoms with E-state index in [1.165, 1.54) is 7.11 Å². The van der Waals surface area contributed by atoms with Crippen molar-refractivity contribution in [3.05, 3.63) is 22.8 Å². The number of nitrogens with zero attached hydrogens (tertiary/aromatic N) is 1. The molecule has 0 radical (unpaired) electrons. The quantitative estimate of drug-likeness (QED) is 0.718. The van der Waals surface area contributed by atoms with Gasteiger partial charge in [0.25, 0.3) is 0 Å². The van der Waals surface area contributed by atoms with Crippen LogP contribution in [0.2, 0.25) is 5.15 Å². The highest BCUT2D eigenvalue weighted by molar-refractivity contribution is 6.29. The van der Waals surface area contributed by atoms with E-state index >= 15 is 0 Å². The van der Waals surface area contributed by atoms with E-state index in [9.17, 15) is 5.11 Å². The lowest BCUT2D eigenvalue weighted by Gasteiger charge is -2.08. The van der Waals surface area contributed by atoms with E-state index in [0.717, 1.165) is 0 Å². The van der Waals surface area contributed by atoms with Crippen LogP contribution in [0, 0.1) is 0 Å². The van der Waals surface area contributed by atoms with Crippen molar-refractivity contribution in [2.45, 2.75) is 13.0 Å². The van der Waals surface area contributed by atoms with E-state index in [-0.39, 0.29) is 0 Å². The predicted molar refractivity (Wildman–Crippen MR) is 46.4 cm³/mol. The first-order chi connectivity index (χ1) is 5.65. The zero-order valence-corrected chi connectivity index (χ0v) is 7.67. The predicted octanol–water partition coefficient (Wildman–Crippen LogP) is 1.80. The molecule has 1 N–H and O–H groups in total. The smallest absolute Gasteiger partial charge is 0.220 e. The Morgan fingerprint density at radius 2 is 2.25 bits per heavy atom. The van der Waals surface area contributed by atoms with Gasteiger partial charge in [-0.2, -0.15) is 0 Å². The van der Waals surface area contributed by atoms with Crippen molar-refractivity contribution in [1.82, 2.24) is 4.98 Å². The van der Waals surface area contributed by atoms with Crippen molar-refractivity contribution >= 4 is 11.6 Å². The highest BCUT2D eigenvalue weighted by Crippen LogP contribution is 2.24. The van der Waals surface area contributed by atoms with E-state index in [2.05, 4.69) is 4.98 Å². The van der Waals surface area contributed by atoms with Crippen LogP contribution in [0.15, 0.2) is 12.1 Å². The van der Waals surface area contributed by atoms with Crippen molar-refractivity contribution in [3.63, 3.8) is 0 Å². The second kappa shape index (κ2) is 3.74. The van der Waals surface area contributed by atoms with Gasteiger partial charge in [0.2, 0.25) is 5.88 Å². The molecule has 0 saturated heterocycles. The van der Waals surface area contributed by atoms with Crippen molar-refractivity contribution < 1.29 is 9.84 Å². The number of aromatic nitrogens is 1. The SMILES string of the molecule is COc1nc(Cl)ccc1[C@H](C)O. The molecule has 1 atom stereocenters. The number of pyridine rings is 1. The molecule has 1 aromatic heterocycles. The van der Waals surface area contributed by atoms with Crippen molar-refractivity contribution in [2.75, 3.05) is 7.11 Å². The minimum absolute atomic E-state index is 0.358. The molecule has 3 nitrogen and oxygen atoms in total. The molecule has 0 unspecified atom stereocenters. The maximum Gasteiger partial charge on any atom is 0.220 e. The summed E-state index contributed by atoms with van der Waals surface area (Å²) in [5.74, 6) is 0.373. The summed E-state index contributed by atoms with van der Waals surface area (Å²) in [6.45, 7) is 1.65. The third-order valence-corrected chi connectivity index (χ3v) is 1.71. The Hall–Kier alpha value is -0.800. The third-order valence-electron chi connectivity index (χ3n) is 1.50. The molecule has 1 heterocycles. The van der Waals surface area contributed by atoms with E-state index in [4.69, 9.17) is 16.3 Å². The number of halogens is 1. The molecule has 0 bridgehead atoms. The van der Waals surface area contributed by atoms with Gasteiger partial charge >= 0.3 is 0 Å². The second-order valence-corrected chi connectivity index (χ2v) is 2.80. The zero-order chi connectivity index (χ0) is 9.14. The van der Waals surface area contributed by atoms with E-state index in [1.807, 2.05) is 0 Å². The minimum Gasteiger partial charge on any atom is -0.481 e. The van der Waals surface area contributed by atoms with Crippen LogP contribution in [0.4, 0.5) is 0 Å². The van der Waals surface area contributed by atoms with Crippen LogP contribution in [0.25, 0.3) is 0 Å². The molecule has 0 aliphatic heterocycles. The second-order valence-electron chi connectivity index (χ2n) is 2.41. The van der Waals surface area contributed by atoms with Gasteiger partial charge < -0.3 is 9.84 Å². The Morgan fingerprint density at radius 1 is 1.58 bits per heavy atom. The lowest BCUT2D eigenvalue weighted by atomic mass is 10.2. The summed E-state index contributed by atoms with van der Waals surface area (Å²) in [5, 5.41) is 9.62. The largest absolute Gasteiger partial charge is 0.481 e. The first-order valence-electron chi connectivity index (χ1n) is 3.53. The third kappa shape index (κ3) is 1.87. The van der Waals surface area contributed by atoms with Gasteiger partial charge in [0.15, 0.2) is 0 Å². The number of methoxy groups -OCH3 is 1. The average molecular weight is 188 g/mol. The lowest BCUT2D eigenvalue weighted by molar-refractivity contribution is 0.193. The first-order valence-corrected chi connectivity index (χ1v) is 3.91. The molecule has 0 amide bonds. The minimum atomic E-state index is -0.593. The molecule has 0 spiro atoms. The van der Waals surface area contributed by atoms with Gasteiger partial charge in [-0.25, -0.2) is 4.98 Å². The maximum atomic E-state index is 9.26. The van der Waals surface area contributed by atoms with E-state index in [0.29, 0.717) is 16.6 Å². The Labute approximate surface area is 76.0 Å². The average Bonchev–Trinajstić information content (AvgIpc) is 2.03. The zero-order valence-electron chi connectivity index (χ0n) is 6.91.